The molecule has 0 saturated heterocycles. The molecular weight excluding hydrogens is 358 g/mol. The number of nitro groups is 1. The lowest BCUT2D eigenvalue weighted by Crippen LogP contribution is -2.36. The first-order valence-electron chi connectivity index (χ1n) is 8.78. The van der Waals surface area contributed by atoms with Gasteiger partial charge in [0.15, 0.2) is 9.84 Å². The van der Waals surface area contributed by atoms with Crippen LogP contribution in [0.25, 0.3) is 0 Å². The van der Waals surface area contributed by atoms with Crippen molar-refractivity contribution in [1.82, 2.24) is 10.6 Å². The third-order valence-electron chi connectivity index (χ3n) is 4.49. The van der Waals surface area contributed by atoms with Gasteiger partial charge in [0.05, 0.1) is 9.82 Å². The van der Waals surface area contributed by atoms with Gasteiger partial charge in [0.1, 0.15) is 0 Å². The van der Waals surface area contributed by atoms with Crippen molar-refractivity contribution in [3.63, 3.8) is 0 Å². The summed E-state index contributed by atoms with van der Waals surface area (Å²) >= 11 is 0. The molecule has 0 aromatic heterocycles. The molecule has 8 nitrogen and oxygen atoms in total. The molecule has 1 fully saturated rings. The maximum absolute atomic E-state index is 12.2. The van der Waals surface area contributed by atoms with Crippen molar-refractivity contribution >= 4 is 21.4 Å². The molecule has 0 aliphatic heterocycles. The Bertz CT molecular complexity index is 756. The van der Waals surface area contributed by atoms with Gasteiger partial charge in [-0.3, -0.25) is 14.9 Å². The Hall–Kier alpha value is -2.00. The number of nitrogens with zero attached hydrogens (tertiary/aromatic N) is 1. The Kier molecular flexibility index (Phi) is 7.10. The summed E-state index contributed by atoms with van der Waals surface area (Å²) in [5.74, 6) is -0.527. The highest BCUT2D eigenvalue weighted by Gasteiger charge is 2.19. The summed E-state index contributed by atoms with van der Waals surface area (Å²) in [6.45, 7) is 0.969. The van der Waals surface area contributed by atoms with Crippen LogP contribution in [-0.2, 0) is 9.84 Å². The third kappa shape index (κ3) is 6.06. The fraction of sp³-hybridized carbons (Fsp3) is 0.588. The predicted molar refractivity (Wildman–Crippen MR) is 98.0 cm³/mol. The maximum Gasteiger partial charge on any atom is 0.271 e. The van der Waals surface area contributed by atoms with Crippen molar-refractivity contribution in [2.45, 2.75) is 49.5 Å². The van der Waals surface area contributed by atoms with Crippen LogP contribution in [0.3, 0.4) is 0 Å². The SMILES string of the molecule is CS(=O)(=O)c1cc(C(=O)NCCNC2CCCCCC2)cc([N+](=O)[O-])c1. The van der Waals surface area contributed by atoms with Crippen LogP contribution in [0.2, 0.25) is 0 Å². The normalized spacial score (nSPS) is 16.0. The Labute approximate surface area is 153 Å². The van der Waals surface area contributed by atoms with Gasteiger partial charge in [-0.05, 0) is 18.9 Å². The first-order chi connectivity index (χ1) is 12.3. The second-order valence-corrected chi connectivity index (χ2v) is 8.66. The van der Waals surface area contributed by atoms with Crippen LogP contribution in [0.4, 0.5) is 5.69 Å². The fourth-order valence-corrected chi connectivity index (χ4v) is 3.75. The van der Waals surface area contributed by atoms with E-state index in [0.29, 0.717) is 19.1 Å². The van der Waals surface area contributed by atoms with Crippen molar-refractivity contribution in [1.29, 1.82) is 0 Å². The summed E-state index contributed by atoms with van der Waals surface area (Å²) in [7, 11) is -3.65. The van der Waals surface area contributed by atoms with Crippen molar-refractivity contribution in [3.8, 4) is 0 Å². The summed E-state index contributed by atoms with van der Waals surface area (Å²) in [4.78, 5) is 22.3. The van der Waals surface area contributed by atoms with Crippen molar-refractivity contribution < 1.29 is 18.1 Å². The molecule has 2 N–H and O–H groups in total. The summed E-state index contributed by atoms with van der Waals surface area (Å²) in [5.41, 5.74) is -0.455. The Morgan fingerprint density at radius 3 is 2.38 bits per heavy atom. The quantitative estimate of drug-likeness (QED) is 0.322. The molecule has 1 aromatic rings. The summed E-state index contributed by atoms with van der Waals surface area (Å²) in [6, 6.07) is 3.67. The van der Waals surface area contributed by atoms with E-state index >= 15 is 0 Å². The van der Waals surface area contributed by atoms with Crippen LogP contribution in [0.15, 0.2) is 23.1 Å². The van der Waals surface area contributed by atoms with E-state index in [1.54, 1.807) is 0 Å². The number of non-ortho nitro benzene ring substituents is 1. The minimum Gasteiger partial charge on any atom is -0.351 e. The van der Waals surface area contributed by atoms with Gasteiger partial charge in [-0.15, -0.1) is 0 Å². The van der Waals surface area contributed by atoms with Gasteiger partial charge in [0, 0.05) is 43.1 Å². The van der Waals surface area contributed by atoms with Crippen molar-refractivity contribution in [2.75, 3.05) is 19.3 Å². The van der Waals surface area contributed by atoms with Gasteiger partial charge in [0.25, 0.3) is 11.6 Å². The molecule has 144 valence electrons. The fourth-order valence-electron chi connectivity index (χ4n) is 3.07. The van der Waals surface area contributed by atoms with Crippen LogP contribution in [0.5, 0.6) is 0 Å². The van der Waals surface area contributed by atoms with E-state index < -0.39 is 26.4 Å². The number of hydrogen-bond acceptors (Lipinski definition) is 6. The average Bonchev–Trinajstić information content (AvgIpc) is 2.86. The molecule has 9 heteroatoms. The molecule has 0 spiro atoms. The standard InChI is InChI=1S/C17H25N3O5S/c1-26(24,25)16-11-13(10-15(12-16)20(22)23)17(21)19-9-8-18-14-6-4-2-3-5-7-14/h10-12,14,18H,2-9H2,1H3,(H,19,21). The third-order valence-corrected chi connectivity index (χ3v) is 5.58. The number of carbonyl (C=O) groups is 1. The van der Waals surface area contributed by atoms with E-state index in [0.717, 1.165) is 37.3 Å². The highest BCUT2D eigenvalue weighted by Crippen LogP contribution is 2.21. The number of nitro benzene ring substituents is 1. The zero-order valence-corrected chi connectivity index (χ0v) is 15.7. The van der Waals surface area contributed by atoms with Gasteiger partial charge in [-0.2, -0.15) is 0 Å². The molecule has 0 bridgehead atoms. The minimum atomic E-state index is -3.65. The molecule has 1 aliphatic carbocycles. The van der Waals surface area contributed by atoms with Gasteiger partial charge >= 0.3 is 0 Å². The molecule has 0 radical (unpaired) electrons. The molecule has 0 unspecified atom stereocenters. The first kappa shape index (κ1) is 20.3. The second-order valence-electron chi connectivity index (χ2n) is 6.64. The first-order valence-corrected chi connectivity index (χ1v) is 10.7. The van der Waals surface area contributed by atoms with E-state index in [2.05, 4.69) is 10.6 Å². The summed E-state index contributed by atoms with van der Waals surface area (Å²) in [6.07, 6.45) is 8.18. The molecule has 0 atom stereocenters. The second kappa shape index (κ2) is 9.09. The van der Waals surface area contributed by atoms with Crippen LogP contribution in [0, 0.1) is 10.1 Å². The monoisotopic (exact) mass is 383 g/mol. The molecule has 1 amide bonds. The van der Waals surface area contributed by atoms with E-state index in [1.165, 1.54) is 25.7 Å². The van der Waals surface area contributed by atoms with E-state index in [9.17, 15) is 23.3 Å². The number of rotatable bonds is 7. The Balaban J connectivity index is 1.95. The lowest BCUT2D eigenvalue weighted by Gasteiger charge is -2.16. The van der Waals surface area contributed by atoms with Gasteiger partial charge in [-0.1, -0.05) is 25.7 Å². The highest BCUT2D eigenvalue weighted by atomic mass is 32.2. The lowest BCUT2D eigenvalue weighted by molar-refractivity contribution is -0.385. The molecule has 26 heavy (non-hydrogen) atoms. The average molecular weight is 383 g/mol. The van der Waals surface area contributed by atoms with Gasteiger partial charge in [-0.25, -0.2) is 8.42 Å². The zero-order valence-electron chi connectivity index (χ0n) is 14.9. The smallest absolute Gasteiger partial charge is 0.271 e. The van der Waals surface area contributed by atoms with E-state index in [4.69, 9.17) is 0 Å². The summed E-state index contributed by atoms with van der Waals surface area (Å²) in [5, 5.41) is 17.1. The molecule has 2 rings (SSSR count). The number of amides is 1. The van der Waals surface area contributed by atoms with Crippen LogP contribution < -0.4 is 10.6 Å². The number of carbonyl (C=O) groups excluding carboxylic acids is 1. The predicted octanol–water partition coefficient (Wildman–Crippen LogP) is 2.04. The van der Waals surface area contributed by atoms with E-state index in [-0.39, 0.29) is 10.5 Å². The highest BCUT2D eigenvalue weighted by molar-refractivity contribution is 7.90. The lowest BCUT2D eigenvalue weighted by atomic mass is 10.1. The Morgan fingerprint density at radius 1 is 1.15 bits per heavy atom. The Morgan fingerprint density at radius 2 is 1.81 bits per heavy atom. The molecule has 1 aliphatic rings. The number of nitrogens with one attached hydrogen (secondary N) is 2. The largest absolute Gasteiger partial charge is 0.351 e. The number of hydrogen-bond donors (Lipinski definition) is 2. The zero-order chi connectivity index (χ0) is 19.2. The molecule has 1 saturated carbocycles. The van der Waals surface area contributed by atoms with Crippen LogP contribution in [-0.4, -0.2) is 44.6 Å². The van der Waals surface area contributed by atoms with Crippen LogP contribution in [0.1, 0.15) is 48.9 Å². The van der Waals surface area contributed by atoms with E-state index in [1.807, 2.05) is 0 Å². The molecule has 0 heterocycles. The van der Waals surface area contributed by atoms with Gasteiger partial charge < -0.3 is 10.6 Å². The maximum atomic E-state index is 12.2. The minimum absolute atomic E-state index is 0.0332. The van der Waals surface area contributed by atoms with Crippen molar-refractivity contribution in [2.24, 2.45) is 0 Å². The van der Waals surface area contributed by atoms with Crippen molar-refractivity contribution in [3.05, 3.63) is 33.9 Å². The number of sulfone groups is 1. The number of benzene rings is 1. The topological polar surface area (TPSA) is 118 Å². The van der Waals surface area contributed by atoms with Crippen LogP contribution >= 0.6 is 0 Å². The summed E-state index contributed by atoms with van der Waals surface area (Å²) < 4.78 is 23.4. The molecule has 1 aromatic carbocycles. The molecular formula is C17H25N3O5S. The van der Waals surface area contributed by atoms with Gasteiger partial charge in [0.2, 0.25) is 0 Å².